The van der Waals surface area contributed by atoms with Crippen LogP contribution in [-0.4, -0.2) is 14.6 Å². The van der Waals surface area contributed by atoms with Crippen LogP contribution in [0.2, 0.25) is 18.1 Å². The number of halogens is 3. The molecule has 164 valence electrons. The predicted molar refractivity (Wildman–Crippen MR) is 125 cm³/mol. The Balaban J connectivity index is 1.49. The Labute approximate surface area is 186 Å². The van der Waals surface area contributed by atoms with Gasteiger partial charge in [0.2, 0.25) is 0 Å². The number of aryl methyl sites for hydroxylation is 1. The van der Waals surface area contributed by atoms with Gasteiger partial charge in [-0.3, -0.25) is 0 Å². The second-order valence-corrected chi connectivity index (χ2v) is 12.4. The van der Waals surface area contributed by atoms with Gasteiger partial charge in [-0.15, -0.1) is 0 Å². The van der Waals surface area contributed by atoms with Gasteiger partial charge < -0.3 is 4.74 Å². The van der Waals surface area contributed by atoms with Crippen molar-refractivity contribution >= 4 is 20.4 Å². The molecule has 1 saturated heterocycles. The first-order valence-electron chi connectivity index (χ1n) is 11.4. The van der Waals surface area contributed by atoms with Gasteiger partial charge in [0, 0.05) is 14.4 Å². The highest BCUT2D eigenvalue weighted by Gasteiger charge is 2.21. The zero-order chi connectivity index (χ0) is 21.3. The van der Waals surface area contributed by atoms with Gasteiger partial charge in [0.05, 0.1) is 0 Å². The molecule has 0 aromatic heterocycles. The van der Waals surface area contributed by atoms with Crippen molar-refractivity contribution in [3.63, 3.8) is 0 Å². The van der Waals surface area contributed by atoms with E-state index in [0.29, 0.717) is 11.3 Å². The number of hydrogen-bond donors (Lipinski definition) is 0. The van der Waals surface area contributed by atoms with E-state index in [-0.39, 0.29) is 5.82 Å². The van der Waals surface area contributed by atoms with Crippen LogP contribution >= 0.6 is 11.6 Å². The van der Waals surface area contributed by atoms with Crippen molar-refractivity contribution in [3.05, 3.63) is 53.8 Å². The van der Waals surface area contributed by atoms with Crippen LogP contribution in [0, 0.1) is 11.7 Å². The van der Waals surface area contributed by atoms with E-state index in [1.54, 1.807) is 30.3 Å². The average molecular weight is 451 g/mol. The normalized spacial score (nSPS) is 20.1. The first kappa shape index (κ1) is 23.3. The lowest BCUT2D eigenvalue weighted by molar-refractivity contribution is 0.147. The molecule has 0 amide bonds. The summed E-state index contributed by atoms with van der Waals surface area (Å²) in [7, 11) is -0.659. The number of ether oxygens (including phenoxy) is 1. The molecule has 2 aromatic rings. The summed E-state index contributed by atoms with van der Waals surface area (Å²) in [5.74, 6) is -0.799. The highest BCUT2D eigenvalue weighted by Crippen LogP contribution is 2.32. The lowest BCUT2D eigenvalue weighted by atomic mass is 9.96. The average Bonchev–Trinajstić information content (AvgIpc) is 2.74. The van der Waals surface area contributed by atoms with E-state index in [0.717, 1.165) is 23.5 Å². The minimum atomic E-state index is -1.88. The molecule has 0 N–H and O–H groups in total. The molecular weight excluding hydrogens is 418 g/mol. The molecular formula is C25H33ClF2OSi. The molecule has 3 rings (SSSR count). The van der Waals surface area contributed by atoms with Crippen LogP contribution in [0.1, 0.15) is 51.0 Å². The summed E-state index contributed by atoms with van der Waals surface area (Å²) in [6.07, 6.45) is 9.37. The molecule has 0 spiro atoms. The SMILES string of the molecule is CCCCC[C@H]1CC[Si@H](CCc2ccc(-c3ccc(OC(F)Cl)cc3)c(F)c2)CC1. The van der Waals surface area contributed by atoms with Crippen LogP contribution in [0.5, 0.6) is 5.75 Å². The first-order valence-corrected chi connectivity index (χ1v) is 14.3. The minimum absolute atomic E-state index is 0.205. The number of unbranched alkanes of at least 4 members (excludes halogenated alkanes) is 2. The molecule has 1 unspecified atom stereocenters. The smallest absolute Gasteiger partial charge is 0.316 e. The van der Waals surface area contributed by atoms with Gasteiger partial charge in [0.25, 0.3) is 0 Å². The molecule has 0 aliphatic carbocycles. The molecule has 30 heavy (non-hydrogen) atoms. The Kier molecular flexibility index (Phi) is 9.20. The summed E-state index contributed by atoms with van der Waals surface area (Å²) in [6.45, 7) is 2.27. The van der Waals surface area contributed by atoms with Crippen LogP contribution < -0.4 is 4.74 Å². The Bertz CT molecular complexity index is 773. The Hall–Kier alpha value is -1.39. The summed E-state index contributed by atoms with van der Waals surface area (Å²) in [5.41, 5.74) is 2.39. The third-order valence-electron chi connectivity index (χ3n) is 6.45. The van der Waals surface area contributed by atoms with Crippen LogP contribution in [0.25, 0.3) is 11.1 Å². The Morgan fingerprint density at radius 3 is 2.47 bits per heavy atom. The largest absolute Gasteiger partial charge is 0.447 e. The van der Waals surface area contributed by atoms with Crippen LogP contribution in [0.4, 0.5) is 8.78 Å². The monoisotopic (exact) mass is 450 g/mol. The summed E-state index contributed by atoms with van der Waals surface area (Å²) in [4.78, 5) is 0. The fraction of sp³-hybridized carbons (Fsp3) is 0.520. The molecule has 2 aromatic carbocycles. The van der Waals surface area contributed by atoms with Crippen LogP contribution in [-0.2, 0) is 6.42 Å². The van der Waals surface area contributed by atoms with Crippen molar-refractivity contribution in [2.75, 3.05) is 0 Å². The van der Waals surface area contributed by atoms with Crippen molar-refractivity contribution in [2.45, 2.75) is 75.8 Å². The molecule has 1 atom stereocenters. The van der Waals surface area contributed by atoms with E-state index in [1.807, 2.05) is 12.1 Å². The number of alkyl halides is 2. The van der Waals surface area contributed by atoms with E-state index in [1.165, 1.54) is 56.7 Å². The fourth-order valence-corrected chi connectivity index (χ4v) is 8.22. The van der Waals surface area contributed by atoms with E-state index < -0.39 is 14.6 Å². The quantitative estimate of drug-likeness (QED) is 0.201. The second-order valence-electron chi connectivity index (χ2n) is 8.64. The van der Waals surface area contributed by atoms with E-state index >= 15 is 0 Å². The van der Waals surface area contributed by atoms with Gasteiger partial charge in [-0.05, 0) is 53.3 Å². The summed E-state index contributed by atoms with van der Waals surface area (Å²) in [6, 6.07) is 16.4. The van der Waals surface area contributed by atoms with E-state index in [4.69, 9.17) is 16.3 Å². The molecule has 0 radical (unpaired) electrons. The number of rotatable bonds is 10. The van der Waals surface area contributed by atoms with Gasteiger partial charge >= 0.3 is 5.82 Å². The van der Waals surface area contributed by atoms with E-state index in [9.17, 15) is 8.78 Å². The maximum absolute atomic E-state index is 14.7. The second kappa shape index (κ2) is 11.9. The van der Waals surface area contributed by atoms with Crippen molar-refractivity contribution in [1.29, 1.82) is 0 Å². The fourth-order valence-electron chi connectivity index (χ4n) is 4.63. The molecule has 5 heteroatoms. The predicted octanol–water partition coefficient (Wildman–Crippen LogP) is 8.12. The van der Waals surface area contributed by atoms with Crippen LogP contribution in [0.3, 0.4) is 0 Å². The van der Waals surface area contributed by atoms with E-state index in [2.05, 4.69) is 6.92 Å². The maximum atomic E-state index is 14.7. The van der Waals surface area contributed by atoms with Gasteiger partial charge in [0.15, 0.2) is 0 Å². The molecule has 1 heterocycles. The Morgan fingerprint density at radius 1 is 1.10 bits per heavy atom. The molecule has 1 aliphatic rings. The summed E-state index contributed by atoms with van der Waals surface area (Å²) in [5, 5.41) is 0. The van der Waals surface area contributed by atoms with Crippen molar-refractivity contribution in [1.82, 2.24) is 0 Å². The topological polar surface area (TPSA) is 9.23 Å². The van der Waals surface area contributed by atoms with Crippen LogP contribution in [0.15, 0.2) is 42.5 Å². The number of hydrogen-bond acceptors (Lipinski definition) is 1. The highest BCUT2D eigenvalue weighted by molar-refractivity contribution is 6.59. The van der Waals surface area contributed by atoms with Crippen molar-refractivity contribution in [3.8, 4) is 16.9 Å². The summed E-state index contributed by atoms with van der Waals surface area (Å²) >= 11 is 5.18. The molecule has 0 saturated carbocycles. The maximum Gasteiger partial charge on any atom is 0.316 e. The van der Waals surface area contributed by atoms with Gasteiger partial charge in [-0.1, -0.05) is 87.8 Å². The Morgan fingerprint density at radius 2 is 1.83 bits per heavy atom. The zero-order valence-electron chi connectivity index (χ0n) is 17.9. The first-order chi connectivity index (χ1) is 14.5. The third kappa shape index (κ3) is 7.09. The third-order valence-corrected chi connectivity index (χ3v) is 9.94. The van der Waals surface area contributed by atoms with Gasteiger partial charge in [0.1, 0.15) is 11.6 Å². The molecule has 0 bridgehead atoms. The van der Waals surface area contributed by atoms with Gasteiger partial charge in [-0.25, -0.2) is 4.39 Å². The van der Waals surface area contributed by atoms with Crippen molar-refractivity contribution < 1.29 is 13.5 Å². The number of benzene rings is 2. The lowest BCUT2D eigenvalue weighted by Crippen LogP contribution is -2.21. The standard InChI is InChI=1S/C25H33ClF2OSi/c1-2-3-4-5-19-12-15-30(16-13-19)17-14-20-6-11-23(24(27)18-20)21-7-9-22(10-8-21)29-25(26)28/h6-11,18-19,25,30H,2-5,12-17H2,1H3/t19-,25?,30-. The highest BCUT2D eigenvalue weighted by atomic mass is 35.5. The molecule has 1 aliphatic heterocycles. The summed E-state index contributed by atoms with van der Waals surface area (Å²) < 4.78 is 32.2. The lowest BCUT2D eigenvalue weighted by Gasteiger charge is -2.27. The zero-order valence-corrected chi connectivity index (χ0v) is 19.8. The van der Waals surface area contributed by atoms with Gasteiger partial charge in [-0.2, -0.15) is 4.39 Å². The molecule has 1 fully saturated rings. The van der Waals surface area contributed by atoms with Crippen molar-refractivity contribution in [2.24, 2.45) is 5.92 Å². The minimum Gasteiger partial charge on any atom is -0.447 e. The molecule has 1 nitrogen and oxygen atoms in total.